The summed E-state index contributed by atoms with van der Waals surface area (Å²) in [5.74, 6) is -0.0896. The lowest BCUT2D eigenvalue weighted by Crippen LogP contribution is -2.21. The Kier molecular flexibility index (Phi) is 5.13. The molecule has 0 bridgehead atoms. The van der Waals surface area contributed by atoms with E-state index in [1.807, 2.05) is 6.92 Å². The molecule has 0 saturated heterocycles. The number of nitrogens with zero attached hydrogens (tertiary/aromatic N) is 4. The van der Waals surface area contributed by atoms with Gasteiger partial charge in [-0.2, -0.15) is 4.80 Å². The van der Waals surface area contributed by atoms with E-state index in [-0.39, 0.29) is 18.3 Å². The lowest BCUT2D eigenvalue weighted by atomic mass is 10.2. The van der Waals surface area contributed by atoms with Crippen LogP contribution in [-0.2, 0) is 11.3 Å². The zero-order valence-electron chi connectivity index (χ0n) is 14.0. The standard InChI is InChI=1S/C17H15ClFN5O2/c1-10-6-14(15(26-2)8-13(10)18)20-16(25)9-24-22-17(21-23-24)11-4-3-5-12(19)7-11/h3-8H,9H2,1-2H3,(H,20,25). The first kappa shape index (κ1) is 17.8. The van der Waals surface area contributed by atoms with E-state index >= 15 is 0 Å². The highest BCUT2D eigenvalue weighted by Crippen LogP contribution is 2.30. The Morgan fingerprint density at radius 2 is 2.15 bits per heavy atom. The molecule has 0 spiro atoms. The zero-order valence-corrected chi connectivity index (χ0v) is 14.8. The average molecular weight is 376 g/mol. The van der Waals surface area contributed by atoms with Crippen LogP contribution in [0.2, 0.25) is 5.02 Å². The number of anilines is 1. The molecule has 0 saturated carbocycles. The lowest BCUT2D eigenvalue weighted by molar-refractivity contribution is -0.117. The predicted octanol–water partition coefficient (Wildman–Crippen LogP) is 3.09. The van der Waals surface area contributed by atoms with Crippen molar-refractivity contribution in [3.8, 4) is 17.1 Å². The van der Waals surface area contributed by atoms with Crippen LogP contribution >= 0.6 is 11.6 Å². The second-order valence-corrected chi connectivity index (χ2v) is 5.91. The van der Waals surface area contributed by atoms with Gasteiger partial charge < -0.3 is 10.1 Å². The van der Waals surface area contributed by atoms with Gasteiger partial charge in [-0.25, -0.2) is 4.39 Å². The summed E-state index contributed by atoms with van der Waals surface area (Å²) in [5.41, 5.74) is 1.77. The third kappa shape index (κ3) is 3.97. The number of ether oxygens (including phenoxy) is 1. The fourth-order valence-electron chi connectivity index (χ4n) is 2.30. The molecule has 26 heavy (non-hydrogen) atoms. The number of hydrogen-bond donors (Lipinski definition) is 1. The van der Waals surface area contributed by atoms with Crippen molar-refractivity contribution in [1.82, 2.24) is 20.2 Å². The Bertz CT molecular complexity index is 960. The normalized spacial score (nSPS) is 10.6. The highest BCUT2D eigenvalue weighted by Gasteiger charge is 2.13. The third-order valence-electron chi connectivity index (χ3n) is 3.58. The molecule has 0 radical (unpaired) electrons. The molecule has 9 heteroatoms. The van der Waals surface area contributed by atoms with Gasteiger partial charge in [-0.15, -0.1) is 10.2 Å². The van der Waals surface area contributed by atoms with Gasteiger partial charge in [-0.05, 0) is 35.9 Å². The number of aryl methyl sites for hydroxylation is 1. The molecule has 0 fully saturated rings. The minimum Gasteiger partial charge on any atom is -0.495 e. The maximum absolute atomic E-state index is 13.3. The minimum absolute atomic E-state index is 0.160. The highest BCUT2D eigenvalue weighted by molar-refractivity contribution is 6.31. The summed E-state index contributed by atoms with van der Waals surface area (Å²) in [5, 5.41) is 15.0. The molecule has 134 valence electrons. The first-order valence-corrected chi connectivity index (χ1v) is 8.02. The molecule has 0 atom stereocenters. The van der Waals surface area contributed by atoms with Crippen molar-refractivity contribution >= 4 is 23.2 Å². The largest absolute Gasteiger partial charge is 0.495 e. The van der Waals surface area contributed by atoms with Crippen LogP contribution in [0.4, 0.5) is 10.1 Å². The van der Waals surface area contributed by atoms with Crippen molar-refractivity contribution in [2.45, 2.75) is 13.5 Å². The van der Waals surface area contributed by atoms with Gasteiger partial charge in [-0.3, -0.25) is 4.79 Å². The van der Waals surface area contributed by atoms with Crippen LogP contribution in [-0.4, -0.2) is 33.2 Å². The van der Waals surface area contributed by atoms with Gasteiger partial charge >= 0.3 is 0 Å². The van der Waals surface area contributed by atoms with Crippen LogP contribution < -0.4 is 10.1 Å². The van der Waals surface area contributed by atoms with Crippen molar-refractivity contribution in [1.29, 1.82) is 0 Å². The summed E-state index contributed by atoms with van der Waals surface area (Å²) in [4.78, 5) is 13.4. The quantitative estimate of drug-likeness (QED) is 0.741. The number of hydrogen-bond acceptors (Lipinski definition) is 5. The Labute approximate surface area is 153 Å². The van der Waals surface area contributed by atoms with Crippen molar-refractivity contribution < 1.29 is 13.9 Å². The van der Waals surface area contributed by atoms with Gasteiger partial charge in [0.25, 0.3) is 0 Å². The Morgan fingerprint density at radius 3 is 2.88 bits per heavy atom. The monoisotopic (exact) mass is 375 g/mol. The van der Waals surface area contributed by atoms with Crippen molar-refractivity contribution in [2.24, 2.45) is 0 Å². The molecule has 0 unspecified atom stereocenters. The Balaban J connectivity index is 1.72. The highest BCUT2D eigenvalue weighted by atomic mass is 35.5. The molecule has 3 aromatic rings. The first-order chi connectivity index (χ1) is 12.5. The summed E-state index contributed by atoms with van der Waals surface area (Å²) in [6.07, 6.45) is 0. The molecule has 7 nitrogen and oxygen atoms in total. The van der Waals surface area contributed by atoms with Gasteiger partial charge in [0.15, 0.2) is 0 Å². The minimum atomic E-state index is -0.401. The molecule has 1 aromatic heterocycles. The number of tetrazole rings is 1. The second kappa shape index (κ2) is 7.49. The average Bonchev–Trinajstić information content (AvgIpc) is 3.06. The van der Waals surface area contributed by atoms with E-state index < -0.39 is 5.82 Å². The van der Waals surface area contributed by atoms with Gasteiger partial charge in [0.1, 0.15) is 18.1 Å². The number of carbonyl (C=O) groups excluding carboxylic acids is 1. The van der Waals surface area contributed by atoms with Crippen LogP contribution in [0.25, 0.3) is 11.4 Å². The number of methoxy groups -OCH3 is 1. The summed E-state index contributed by atoms with van der Waals surface area (Å²) in [6, 6.07) is 9.17. The van der Waals surface area contributed by atoms with Crippen LogP contribution in [0.3, 0.4) is 0 Å². The van der Waals surface area contributed by atoms with Gasteiger partial charge in [0, 0.05) is 16.7 Å². The smallest absolute Gasteiger partial charge is 0.248 e. The summed E-state index contributed by atoms with van der Waals surface area (Å²) >= 11 is 6.05. The number of rotatable bonds is 5. The van der Waals surface area contributed by atoms with Crippen molar-refractivity contribution in [3.63, 3.8) is 0 Å². The molecule has 3 rings (SSSR count). The lowest BCUT2D eigenvalue weighted by Gasteiger charge is -2.11. The molecule has 0 aliphatic carbocycles. The Morgan fingerprint density at radius 1 is 1.35 bits per heavy atom. The molecule has 2 aromatic carbocycles. The van der Waals surface area contributed by atoms with Crippen molar-refractivity contribution in [3.05, 3.63) is 52.8 Å². The summed E-state index contributed by atoms with van der Waals surface area (Å²) in [7, 11) is 1.49. The molecular formula is C17H15ClFN5O2. The van der Waals surface area contributed by atoms with E-state index in [1.54, 1.807) is 24.3 Å². The SMILES string of the molecule is COc1cc(Cl)c(C)cc1NC(=O)Cn1nnc(-c2cccc(F)c2)n1. The summed E-state index contributed by atoms with van der Waals surface area (Å²) < 4.78 is 18.5. The number of carbonyl (C=O) groups is 1. The molecule has 1 amide bonds. The van der Waals surface area contributed by atoms with Gasteiger partial charge in [0.05, 0.1) is 12.8 Å². The Hall–Kier alpha value is -3.00. The van der Waals surface area contributed by atoms with Crippen LogP contribution in [0.1, 0.15) is 5.56 Å². The van der Waals surface area contributed by atoms with E-state index in [2.05, 4.69) is 20.7 Å². The molecule has 0 aliphatic heterocycles. The molecule has 1 N–H and O–H groups in total. The van der Waals surface area contributed by atoms with E-state index in [4.69, 9.17) is 16.3 Å². The van der Waals surface area contributed by atoms with Crippen LogP contribution in [0.15, 0.2) is 36.4 Å². The number of amides is 1. The topological polar surface area (TPSA) is 81.9 Å². The van der Waals surface area contributed by atoms with E-state index in [0.717, 1.165) is 10.4 Å². The zero-order chi connectivity index (χ0) is 18.7. The maximum atomic E-state index is 13.3. The van der Waals surface area contributed by atoms with Gasteiger partial charge in [0.2, 0.25) is 11.7 Å². The fourth-order valence-corrected chi connectivity index (χ4v) is 2.45. The third-order valence-corrected chi connectivity index (χ3v) is 3.98. The first-order valence-electron chi connectivity index (χ1n) is 7.64. The molecular weight excluding hydrogens is 361 g/mol. The maximum Gasteiger partial charge on any atom is 0.248 e. The van der Waals surface area contributed by atoms with Gasteiger partial charge in [-0.1, -0.05) is 23.7 Å². The van der Waals surface area contributed by atoms with Crippen LogP contribution in [0, 0.1) is 12.7 Å². The molecule has 1 heterocycles. The number of nitrogens with one attached hydrogen (secondary N) is 1. The number of halogens is 2. The van der Waals surface area contributed by atoms with E-state index in [1.165, 1.54) is 19.2 Å². The number of benzene rings is 2. The fraction of sp³-hybridized carbons (Fsp3) is 0.176. The van der Waals surface area contributed by atoms with Crippen molar-refractivity contribution in [2.75, 3.05) is 12.4 Å². The van der Waals surface area contributed by atoms with Crippen LogP contribution in [0.5, 0.6) is 5.75 Å². The molecule has 0 aliphatic rings. The van der Waals surface area contributed by atoms with E-state index in [9.17, 15) is 9.18 Å². The number of aromatic nitrogens is 4. The second-order valence-electron chi connectivity index (χ2n) is 5.50. The summed E-state index contributed by atoms with van der Waals surface area (Å²) in [6.45, 7) is 1.66. The van der Waals surface area contributed by atoms with E-state index in [0.29, 0.717) is 22.0 Å². The predicted molar refractivity (Wildman–Crippen MR) is 94.6 cm³/mol.